The van der Waals surface area contributed by atoms with Crippen LogP contribution in [0.2, 0.25) is 0 Å². The highest BCUT2D eigenvalue weighted by Gasteiger charge is 2.24. The van der Waals surface area contributed by atoms with Gasteiger partial charge in [-0.15, -0.1) is 0 Å². The van der Waals surface area contributed by atoms with Gasteiger partial charge < -0.3 is 16.0 Å². The maximum absolute atomic E-state index is 13.4. The van der Waals surface area contributed by atoms with Crippen molar-refractivity contribution in [2.24, 2.45) is 4.99 Å². The van der Waals surface area contributed by atoms with Gasteiger partial charge in [0.2, 0.25) is 5.91 Å². The Labute approximate surface area is 159 Å². The minimum absolute atomic E-state index is 0.0317. The van der Waals surface area contributed by atoms with Gasteiger partial charge in [-0.25, -0.2) is 9.38 Å². The molecule has 6 heteroatoms. The normalized spacial score (nSPS) is 16.5. The monoisotopic (exact) mass is 368 g/mol. The fourth-order valence-corrected chi connectivity index (χ4v) is 3.22. The standard InChI is InChI=1S/C21H25FN4O/c1-3-23-21(24-12-15-8-9-18(22)14(2)10-15)25-13-16-11-20(27)26-19-7-5-4-6-17(16)19/h4-10,16H,3,11-13H2,1-2H3,(H,26,27)(H2,23,24,25). The van der Waals surface area contributed by atoms with Crippen LogP contribution in [0.4, 0.5) is 10.1 Å². The fourth-order valence-electron chi connectivity index (χ4n) is 3.22. The summed E-state index contributed by atoms with van der Waals surface area (Å²) in [4.78, 5) is 16.5. The summed E-state index contributed by atoms with van der Waals surface area (Å²) in [5, 5.41) is 9.47. The SMILES string of the molecule is CCNC(=NCc1ccc(F)c(C)c1)NCC1CC(=O)Nc2ccccc21. The van der Waals surface area contributed by atoms with E-state index in [9.17, 15) is 9.18 Å². The number of anilines is 1. The Kier molecular flexibility index (Phi) is 6.06. The van der Waals surface area contributed by atoms with E-state index in [1.807, 2.05) is 37.3 Å². The first-order chi connectivity index (χ1) is 13.1. The third-order valence-corrected chi connectivity index (χ3v) is 4.61. The molecule has 0 spiro atoms. The van der Waals surface area contributed by atoms with Crippen LogP contribution in [0.15, 0.2) is 47.5 Å². The number of carbonyl (C=O) groups excluding carboxylic acids is 1. The lowest BCUT2D eigenvalue weighted by atomic mass is 9.90. The molecule has 0 saturated heterocycles. The number of halogens is 1. The van der Waals surface area contributed by atoms with Gasteiger partial charge in [-0.3, -0.25) is 4.79 Å². The van der Waals surface area contributed by atoms with Crippen molar-refractivity contribution in [2.75, 3.05) is 18.4 Å². The maximum atomic E-state index is 13.4. The molecule has 2 aromatic rings. The van der Waals surface area contributed by atoms with Gasteiger partial charge in [-0.1, -0.05) is 30.3 Å². The van der Waals surface area contributed by atoms with Gasteiger partial charge in [0.05, 0.1) is 6.54 Å². The first kappa shape index (κ1) is 18.9. The minimum atomic E-state index is -0.206. The molecular weight excluding hydrogens is 343 g/mol. The van der Waals surface area contributed by atoms with Gasteiger partial charge in [0.25, 0.3) is 0 Å². The summed E-state index contributed by atoms with van der Waals surface area (Å²) in [5.41, 5.74) is 3.58. The average molecular weight is 368 g/mol. The number of aryl methyl sites for hydroxylation is 1. The van der Waals surface area contributed by atoms with Crippen LogP contribution in [-0.2, 0) is 11.3 Å². The predicted octanol–water partition coefficient (Wildman–Crippen LogP) is 3.32. The Balaban J connectivity index is 1.68. The Morgan fingerprint density at radius 1 is 1.26 bits per heavy atom. The maximum Gasteiger partial charge on any atom is 0.225 e. The Morgan fingerprint density at radius 3 is 2.85 bits per heavy atom. The number of nitrogens with one attached hydrogen (secondary N) is 3. The van der Waals surface area contributed by atoms with Gasteiger partial charge in [0, 0.05) is 31.1 Å². The number of aliphatic imine (C=N–C) groups is 1. The highest BCUT2D eigenvalue weighted by molar-refractivity contribution is 5.94. The molecule has 0 aromatic heterocycles. The Hall–Kier alpha value is -2.89. The van der Waals surface area contributed by atoms with Crippen LogP contribution < -0.4 is 16.0 Å². The summed E-state index contributed by atoms with van der Waals surface area (Å²) in [6, 6.07) is 12.9. The molecule has 0 bridgehead atoms. The van der Waals surface area contributed by atoms with Crippen LogP contribution in [0.1, 0.15) is 36.0 Å². The molecule has 0 fully saturated rings. The van der Waals surface area contributed by atoms with E-state index in [0.29, 0.717) is 31.0 Å². The average Bonchev–Trinajstić information content (AvgIpc) is 2.66. The summed E-state index contributed by atoms with van der Waals surface area (Å²) < 4.78 is 13.4. The fraction of sp³-hybridized carbons (Fsp3) is 0.333. The van der Waals surface area contributed by atoms with Crippen LogP contribution >= 0.6 is 0 Å². The molecule has 0 radical (unpaired) electrons. The van der Waals surface area contributed by atoms with Crippen molar-refractivity contribution in [1.82, 2.24) is 10.6 Å². The van der Waals surface area contributed by atoms with Crippen LogP contribution in [0, 0.1) is 12.7 Å². The largest absolute Gasteiger partial charge is 0.357 e. The summed E-state index contributed by atoms with van der Waals surface area (Å²) in [7, 11) is 0. The topological polar surface area (TPSA) is 65.5 Å². The van der Waals surface area contributed by atoms with E-state index < -0.39 is 0 Å². The third-order valence-electron chi connectivity index (χ3n) is 4.61. The smallest absolute Gasteiger partial charge is 0.225 e. The zero-order valence-electron chi connectivity index (χ0n) is 15.7. The highest BCUT2D eigenvalue weighted by atomic mass is 19.1. The Morgan fingerprint density at radius 2 is 2.07 bits per heavy atom. The number of amides is 1. The molecule has 1 unspecified atom stereocenters. The van der Waals surface area contributed by atoms with Crippen molar-refractivity contribution in [3.63, 3.8) is 0 Å². The molecule has 0 aliphatic carbocycles. The second kappa shape index (κ2) is 8.66. The van der Waals surface area contributed by atoms with Crippen molar-refractivity contribution >= 4 is 17.6 Å². The van der Waals surface area contributed by atoms with Crippen molar-refractivity contribution < 1.29 is 9.18 Å². The molecule has 1 amide bonds. The molecule has 2 aromatic carbocycles. The first-order valence-electron chi connectivity index (χ1n) is 9.22. The summed E-state index contributed by atoms with van der Waals surface area (Å²) >= 11 is 0. The van der Waals surface area contributed by atoms with Crippen molar-refractivity contribution in [2.45, 2.75) is 32.7 Å². The van der Waals surface area contributed by atoms with E-state index in [2.05, 4.69) is 20.9 Å². The number of hydrogen-bond acceptors (Lipinski definition) is 2. The zero-order chi connectivity index (χ0) is 19.2. The van der Waals surface area contributed by atoms with Gasteiger partial charge in [0.15, 0.2) is 5.96 Å². The zero-order valence-corrected chi connectivity index (χ0v) is 15.7. The number of fused-ring (bicyclic) bond motifs is 1. The molecule has 5 nitrogen and oxygen atoms in total. The van der Waals surface area contributed by atoms with Gasteiger partial charge in [0.1, 0.15) is 5.82 Å². The number of carbonyl (C=O) groups is 1. The van der Waals surface area contributed by atoms with E-state index in [4.69, 9.17) is 0 Å². The molecule has 1 aliphatic heterocycles. The lowest BCUT2D eigenvalue weighted by Gasteiger charge is -2.26. The molecule has 1 atom stereocenters. The molecule has 142 valence electrons. The number of nitrogens with zero attached hydrogens (tertiary/aromatic N) is 1. The molecule has 1 heterocycles. The number of rotatable bonds is 5. The molecule has 3 N–H and O–H groups in total. The second-order valence-electron chi connectivity index (χ2n) is 6.70. The van der Waals surface area contributed by atoms with Crippen LogP contribution in [0.5, 0.6) is 0 Å². The van der Waals surface area contributed by atoms with Crippen LogP contribution in [-0.4, -0.2) is 25.0 Å². The number of para-hydroxylation sites is 1. The molecule has 3 rings (SSSR count). The number of benzene rings is 2. The Bertz CT molecular complexity index is 850. The van der Waals surface area contributed by atoms with E-state index >= 15 is 0 Å². The van der Waals surface area contributed by atoms with Gasteiger partial charge >= 0.3 is 0 Å². The van der Waals surface area contributed by atoms with E-state index in [1.165, 1.54) is 6.07 Å². The lowest BCUT2D eigenvalue weighted by Crippen LogP contribution is -2.40. The van der Waals surface area contributed by atoms with Gasteiger partial charge in [-0.05, 0) is 42.7 Å². The molecular formula is C21H25FN4O. The summed E-state index contributed by atoms with van der Waals surface area (Å²) in [6.45, 7) is 5.55. The molecule has 27 heavy (non-hydrogen) atoms. The second-order valence-corrected chi connectivity index (χ2v) is 6.70. The quantitative estimate of drug-likeness (QED) is 0.560. The third kappa shape index (κ3) is 4.84. The molecule has 0 saturated carbocycles. The van der Waals surface area contributed by atoms with Crippen molar-refractivity contribution in [3.8, 4) is 0 Å². The highest BCUT2D eigenvalue weighted by Crippen LogP contribution is 2.31. The summed E-state index contributed by atoms with van der Waals surface area (Å²) in [6.07, 6.45) is 0.445. The van der Waals surface area contributed by atoms with E-state index in [1.54, 1.807) is 13.0 Å². The first-order valence-corrected chi connectivity index (χ1v) is 9.22. The lowest BCUT2D eigenvalue weighted by molar-refractivity contribution is -0.116. The predicted molar refractivity (Wildman–Crippen MR) is 106 cm³/mol. The van der Waals surface area contributed by atoms with Crippen LogP contribution in [0.3, 0.4) is 0 Å². The number of hydrogen-bond donors (Lipinski definition) is 3. The van der Waals surface area contributed by atoms with E-state index in [-0.39, 0.29) is 17.6 Å². The van der Waals surface area contributed by atoms with E-state index in [0.717, 1.165) is 23.4 Å². The van der Waals surface area contributed by atoms with Gasteiger partial charge in [-0.2, -0.15) is 0 Å². The number of guanidine groups is 1. The van der Waals surface area contributed by atoms with Crippen molar-refractivity contribution in [1.29, 1.82) is 0 Å². The minimum Gasteiger partial charge on any atom is -0.357 e. The van der Waals surface area contributed by atoms with Crippen LogP contribution in [0.25, 0.3) is 0 Å². The van der Waals surface area contributed by atoms with Crippen molar-refractivity contribution in [3.05, 3.63) is 65.0 Å². The molecule has 1 aliphatic rings. The summed E-state index contributed by atoms with van der Waals surface area (Å²) in [5.74, 6) is 0.598.